The lowest BCUT2D eigenvalue weighted by molar-refractivity contribution is 0.205. The van der Waals surface area contributed by atoms with Crippen LogP contribution in [0.25, 0.3) is 0 Å². The van der Waals surface area contributed by atoms with Gasteiger partial charge in [0.1, 0.15) is 17.6 Å². The molecule has 0 spiro atoms. The summed E-state index contributed by atoms with van der Waals surface area (Å²) in [4.78, 5) is 0. The average molecular weight is 255 g/mol. The standard InChI is InChI=1S/C16H17NO2/c1-11-4-2-3-5-12(11)8-14-10-17-15-7-6-13(18)9-16(15)19-14/h2-7,9,14,17-18H,8,10H2,1H3. The number of nitrogens with one attached hydrogen (secondary N) is 1. The van der Waals surface area contributed by atoms with Gasteiger partial charge in [-0.25, -0.2) is 0 Å². The number of benzene rings is 2. The summed E-state index contributed by atoms with van der Waals surface area (Å²) in [5.41, 5.74) is 3.53. The van der Waals surface area contributed by atoms with E-state index in [1.807, 2.05) is 12.1 Å². The predicted molar refractivity (Wildman–Crippen MR) is 75.9 cm³/mol. The summed E-state index contributed by atoms with van der Waals surface area (Å²) in [7, 11) is 0. The Balaban J connectivity index is 1.77. The second-order valence-electron chi connectivity index (χ2n) is 4.93. The van der Waals surface area contributed by atoms with Crippen molar-refractivity contribution in [3.8, 4) is 11.5 Å². The Morgan fingerprint density at radius 2 is 2.11 bits per heavy atom. The molecule has 3 rings (SSSR count). The third kappa shape index (κ3) is 2.50. The first kappa shape index (κ1) is 11.9. The molecule has 1 aliphatic heterocycles. The molecule has 0 fully saturated rings. The number of anilines is 1. The van der Waals surface area contributed by atoms with Gasteiger partial charge in [0.15, 0.2) is 0 Å². The highest BCUT2D eigenvalue weighted by molar-refractivity contribution is 5.60. The fourth-order valence-electron chi connectivity index (χ4n) is 2.40. The summed E-state index contributed by atoms with van der Waals surface area (Å²) in [6.45, 7) is 2.90. The third-order valence-electron chi connectivity index (χ3n) is 3.49. The maximum atomic E-state index is 9.50. The minimum atomic E-state index is 0.0930. The largest absolute Gasteiger partial charge is 0.508 e. The lowest BCUT2D eigenvalue weighted by Gasteiger charge is -2.28. The van der Waals surface area contributed by atoms with Crippen molar-refractivity contribution < 1.29 is 9.84 Å². The van der Waals surface area contributed by atoms with E-state index >= 15 is 0 Å². The van der Waals surface area contributed by atoms with E-state index in [2.05, 4.69) is 30.4 Å². The summed E-state index contributed by atoms with van der Waals surface area (Å²) in [6.07, 6.45) is 0.963. The molecule has 0 aromatic heterocycles. The average Bonchev–Trinajstić information content (AvgIpc) is 2.41. The van der Waals surface area contributed by atoms with E-state index in [-0.39, 0.29) is 11.9 Å². The van der Waals surface area contributed by atoms with Crippen molar-refractivity contribution in [2.75, 3.05) is 11.9 Å². The Morgan fingerprint density at radius 3 is 2.95 bits per heavy atom. The number of hydrogen-bond donors (Lipinski definition) is 2. The van der Waals surface area contributed by atoms with Crippen molar-refractivity contribution in [2.24, 2.45) is 0 Å². The van der Waals surface area contributed by atoms with Gasteiger partial charge in [0.05, 0.1) is 12.2 Å². The van der Waals surface area contributed by atoms with Gasteiger partial charge in [-0.3, -0.25) is 0 Å². The Kier molecular flexibility index (Phi) is 3.03. The number of ether oxygens (including phenoxy) is 1. The monoisotopic (exact) mass is 255 g/mol. The number of rotatable bonds is 2. The number of phenols is 1. The van der Waals surface area contributed by atoms with Gasteiger partial charge in [-0.2, -0.15) is 0 Å². The molecule has 1 aliphatic rings. The van der Waals surface area contributed by atoms with Gasteiger partial charge in [-0.05, 0) is 30.2 Å². The van der Waals surface area contributed by atoms with Crippen LogP contribution in [-0.2, 0) is 6.42 Å². The first-order valence-electron chi connectivity index (χ1n) is 6.50. The van der Waals surface area contributed by atoms with Crippen LogP contribution in [0.1, 0.15) is 11.1 Å². The predicted octanol–water partition coefficient (Wildman–Crippen LogP) is 3.12. The molecular formula is C16H17NO2. The Labute approximate surface area is 112 Å². The smallest absolute Gasteiger partial charge is 0.146 e. The van der Waals surface area contributed by atoms with Gasteiger partial charge in [-0.15, -0.1) is 0 Å². The molecule has 0 bridgehead atoms. The van der Waals surface area contributed by atoms with Crippen molar-refractivity contribution >= 4 is 5.69 Å². The zero-order chi connectivity index (χ0) is 13.2. The van der Waals surface area contributed by atoms with Gasteiger partial charge in [-0.1, -0.05) is 24.3 Å². The molecule has 0 amide bonds. The highest BCUT2D eigenvalue weighted by atomic mass is 16.5. The number of aromatic hydroxyl groups is 1. The summed E-state index contributed by atoms with van der Waals surface area (Å²) in [5.74, 6) is 0.960. The Bertz CT molecular complexity index is 595. The highest BCUT2D eigenvalue weighted by Crippen LogP contribution is 2.33. The maximum absolute atomic E-state index is 9.50. The molecule has 0 saturated carbocycles. The van der Waals surface area contributed by atoms with Crippen LogP contribution in [0.4, 0.5) is 5.69 Å². The fourth-order valence-corrected chi connectivity index (χ4v) is 2.40. The van der Waals surface area contributed by atoms with E-state index in [4.69, 9.17) is 4.74 Å². The first-order valence-corrected chi connectivity index (χ1v) is 6.50. The maximum Gasteiger partial charge on any atom is 0.146 e. The van der Waals surface area contributed by atoms with E-state index in [0.29, 0.717) is 0 Å². The lowest BCUT2D eigenvalue weighted by Crippen LogP contribution is -2.32. The molecule has 3 heteroatoms. The minimum absolute atomic E-state index is 0.0930. The molecule has 2 aromatic rings. The summed E-state index contributed by atoms with van der Waals surface area (Å²) < 4.78 is 5.95. The van der Waals surface area contributed by atoms with Crippen LogP contribution in [0, 0.1) is 6.92 Å². The number of aryl methyl sites for hydroxylation is 1. The normalized spacial score (nSPS) is 17.2. The van der Waals surface area contributed by atoms with Gasteiger partial charge < -0.3 is 15.2 Å². The molecule has 98 valence electrons. The van der Waals surface area contributed by atoms with E-state index in [0.717, 1.165) is 24.4 Å². The zero-order valence-corrected chi connectivity index (χ0v) is 10.9. The second kappa shape index (κ2) is 4.84. The molecule has 19 heavy (non-hydrogen) atoms. The van der Waals surface area contributed by atoms with Crippen molar-refractivity contribution in [1.29, 1.82) is 0 Å². The van der Waals surface area contributed by atoms with Crippen LogP contribution >= 0.6 is 0 Å². The van der Waals surface area contributed by atoms with Crippen LogP contribution in [-0.4, -0.2) is 17.8 Å². The molecule has 2 aromatic carbocycles. The minimum Gasteiger partial charge on any atom is -0.508 e. The lowest BCUT2D eigenvalue weighted by atomic mass is 10.0. The second-order valence-corrected chi connectivity index (χ2v) is 4.93. The van der Waals surface area contributed by atoms with E-state index in [1.54, 1.807) is 12.1 Å². The van der Waals surface area contributed by atoms with E-state index in [9.17, 15) is 5.11 Å². The van der Waals surface area contributed by atoms with Gasteiger partial charge >= 0.3 is 0 Å². The summed E-state index contributed by atoms with van der Waals surface area (Å²) >= 11 is 0. The van der Waals surface area contributed by atoms with Gasteiger partial charge in [0, 0.05) is 12.5 Å². The Hall–Kier alpha value is -2.16. The SMILES string of the molecule is Cc1ccccc1CC1CNc2ccc(O)cc2O1. The quantitative estimate of drug-likeness (QED) is 0.810. The Morgan fingerprint density at radius 1 is 1.26 bits per heavy atom. The van der Waals surface area contributed by atoms with Crippen molar-refractivity contribution in [3.63, 3.8) is 0 Å². The zero-order valence-electron chi connectivity index (χ0n) is 10.9. The third-order valence-corrected chi connectivity index (χ3v) is 3.49. The molecule has 1 unspecified atom stereocenters. The van der Waals surface area contributed by atoms with Crippen LogP contribution in [0.5, 0.6) is 11.5 Å². The first-order chi connectivity index (χ1) is 9.22. The summed E-state index contributed by atoms with van der Waals surface area (Å²) in [5, 5.41) is 12.8. The number of hydrogen-bond acceptors (Lipinski definition) is 3. The van der Waals surface area contributed by atoms with Crippen LogP contribution in [0.15, 0.2) is 42.5 Å². The highest BCUT2D eigenvalue weighted by Gasteiger charge is 2.20. The van der Waals surface area contributed by atoms with Crippen LogP contribution < -0.4 is 10.1 Å². The molecule has 1 heterocycles. The van der Waals surface area contributed by atoms with Gasteiger partial charge in [0.2, 0.25) is 0 Å². The molecule has 0 aliphatic carbocycles. The van der Waals surface area contributed by atoms with E-state index in [1.165, 1.54) is 11.1 Å². The number of phenolic OH excluding ortho intramolecular Hbond substituents is 1. The van der Waals surface area contributed by atoms with Gasteiger partial charge in [0.25, 0.3) is 0 Å². The van der Waals surface area contributed by atoms with Crippen LogP contribution in [0.2, 0.25) is 0 Å². The molecular weight excluding hydrogens is 238 g/mol. The molecule has 0 saturated heterocycles. The van der Waals surface area contributed by atoms with Crippen molar-refractivity contribution in [2.45, 2.75) is 19.4 Å². The van der Waals surface area contributed by atoms with Crippen LogP contribution in [0.3, 0.4) is 0 Å². The molecule has 1 atom stereocenters. The van der Waals surface area contributed by atoms with Crippen molar-refractivity contribution in [1.82, 2.24) is 0 Å². The van der Waals surface area contributed by atoms with Crippen molar-refractivity contribution in [3.05, 3.63) is 53.6 Å². The van der Waals surface area contributed by atoms with E-state index < -0.39 is 0 Å². The summed E-state index contributed by atoms with van der Waals surface area (Å²) in [6, 6.07) is 13.5. The molecule has 3 nitrogen and oxygen atoms in total. The topological polar surface area (TPSA) is 41.5 Å². The fraction of sp³-hybridized carbons (Fsp3) is 0.250. The molecule has 2 N–H and O–H groups in total. The molecule has 0 radical (unpaired) electrons. The number of fused-ring (bicyclic) bond motifs is 1.